The number of hydrogen-bond acceptors (Lipinski definition) is 7. The number of Topliss-reactive ketones (excluding diaryl/α,β-unsaturated/α-hetero) is 1. The second-order valence-corrected chi connectivity index (χ2v) is 11.1. The van der Waals surface area contributed by atoms with Crippen LogP contribution in [0.1, 0.15) is 40.0 Å². The van der Waals surface area contributed by atoms with Gasteiger partial charge in [0.1, 0.15) is 6.17 Å². The summed E-state index contributed by atoms with van der Waals surface area (Å²) in [4.78, 5) is 36.2. The fourth-order valence-electron chi connectivity index (χ4n) is 7.05. The van der Waals surface area contributed by atoms with Crippen LogP contribution in [-0.2, 0) is 19.1 Å². The number of allylic oxidation sites excluding steroid dienone is 4. The van der Waals surface area contributed by atoms with Crippen molar-refractivity contribution in [2.75, 3.05) is 6.61 Å². The standard InChI is InChI=1S/C23H27BrF2O7/c1-10(27)33-9-19(31)23(32)17(29)6-11-12-4-15(25)13-5-16(28)14(24)7-20(13,2)22(12,26)18(30)8-21(11,23)3/h5,7,11-12,15,17-18,29-30,32H,4,6,8-9H2,1-3H3. The highest BCUT2D eigenvalue weighted by Crippen LogP contribution is 2.70. The second kappa shape index (κ2) is 7.50. The lowest BCUT2D eigenvalue weighted by atomic mass is 9.44. The van der Waals surface area contributed by atoms with Crippen molar-refractivity contribution in [2.24, 2.45) is 22.7 Å². The first-order valence-electron chi connectivity index (χ1n) is 10.9. The molecule has 0 amide bonds. The van der Waals surface area contributed by atoms with Crippen molar-refractivity contribution < 1.29 is 43.2 Å². The van der Waals surface area contributed by atoms with Crippen molar-refractivity contribution in [2.45, 2.75) is 69.7 Å². The van der Waals surface area contributed by atoms with Gasteiger partial charge in [-0.05, 0) is 59.7 Å². The Morgan fingerprint density at radius 2 is 1.85 bits per heavy atom. The monoisotopic (exact) mass is 532 g/mol. The highest BCUT2D eigenvalue weighted by molar-refractivity contribution is 9.12. The van der Waals surface area contributed by atoms with Gasteiger partial charge in [-0.25, -0.2) is 8.78 Å². The fourth-order valence-corrected chi connectivity index (χ4v) is 7.63. The molecule has 3 N–H and O–H groups in total. The molecule has 9 unspecified atom stereocenters. The lowest BCUT2D eigenvalue weighted by molar-refractivity contribution is -0.226. The van der Waals surface area contributed by atoms with Crippen molar-refractivity contribution in [3.63, 3.8) is 0 Å². The molecule has 9 atom stereocenters. The Hall–Kier alpha value is -1.49. The van der Waals surface area contributed by atoms with E-state index < -0.39 is 82.9 Å². The van der Waals surface area contributed by atoms with Crippen molar-refractivity contribution in [1.29, 1.82) is 0 Å². The Balaban J connectivity index is 1.81. The zero-order valence-corrected chi connectivity index (χ0v) is 20.1. The van der Waals surface area contributed by atoms with Crippen LogP contribution >= 0.6 is 15.9 Å². The van der Waals surface area contributed by atoms with Gasteiger partial charge in [0.05, 0.1) is 16.7 Å². The summed E-state index contributed by atoms with van der Waals surface area (Å²) in [5.74, 6) is -4.24. The minimum atomic E-state index is -2.42. The molecule has 0 spiro atoms. The van der Waals surface area contributed by atoms with Crippen LogP contribution in [-0.4, -0.2) is 69.1 Å². The Morgan fingerprint density at radius 3 is 2.45 bits per heavy atom. The summed E-state index contributed by atoms with van der Waals surface area (Å²) in [5.41, 5.74) is -8.06. The third-order valence-corrected chi connectivity index (χ3v) is 9.36. The first-order valence-corrected chi connectivity index (χ1v) is 11.7. The van der Waals surface area contributed by atoms with E-state index in [0.29, 0.717) is 0 Å². The molecule has 4 aliphatic carbocycles. The van der Waals surface area contributed by atoms with Gasteiger partial charge >= 0.3 is 5.97 Å². The lowest BCUT2D eigenvalue weighted by Crippen LogP contribution is -2.71. The Morgan fingerprint density at radius 1 is 1.21 bits per heavy atom. The van der Waals surface area contributed by atoms with E-state index in [1.54, 1.807) is 0 Å². The van der Waals surface area contributed by atoms with Gasteiger partial charge in [-0.15, -0.1) is 0 Å². The van der Waals surface area contributed by atoms with Crippen molar-refractivity contribution in [1.82, 2.24) is 0 Å². The maximum atomic E-state index is 17.1. The molecule has 0 aromatic carbocycles. The molecule has 0 saturated heterocycles. The summed E-state index contributed by atoms with van der Waals surface area (Å²) in [7, 11) is 0. The van der Waals surface area contributed by atoms with E-state index in [4.69, 9.17) is 4.74 Å². The summed E-state index contributed by atoms with van der Waals surface area (Å²) < 4.78 is 37.3. The van der Waals surface area contributed by atoms with Crippen LogP contribution in [0.5, 0.6) is 0 Å². The zero-order valence-electron chi connectivity index (χ0n) is 18.5. The SMILES string of the molecule is CC(=O)OCC(=O)C1(O)C(O)CC2C3CC(F)C4=CC(=O)C(Br)=CC4(C)C3(F)C(O)CC21C. The molecule has 0 heterocycles. The van der Waals surface area contributed by atoms with Crippen LogP contribution in [0.3, 0.4) is 0 Å². The highest BCUT2D eigenvalue weighted by Gasteiger charge is 2.77. The molecule has 33 heavy (non-hydrogen) atoms. The van der Waals surface area contributed by atoms with Crippen LogP contribution in [0.4, 0.5) is 8.78 Å². The number of carbonyl (C=O) groups excluding carboxylic acids is 3. The number of halogens is 3. The van der Waals surface area contributed by atoms with Crippen molar-refractivity contribution in [3.05, 3.63) is 22.2 Å². The maximum Gasteiger partial charge on any atom is 0.303 e. The van der Waals surface area contributed by atoms with Gasteiger partial charge in [0.2, 0.25) is 5.78 Å². The maximum absolute atomic E-state index is 17.1. The summed E-state index contributed by atoms with van der Waals surface area (Å²) >= 11 is 3.10. The summed E-state index contributed by atoms with van der Waals surface area (Å²) in [5, 5.41) is 33.4. The number of ketones is 2. The van der Waals surface area contributed by atoms with Crippen LogP contribution in [0, 0.1) is 22.7 Å². The minimum Gasteiger partial charge on any atom is -0.458 e. The number of carbonyl (C=O) groups is 3. The predicted octanol–water partition coefficient (Wildman–Crippen LogP) is 1.86. The van der Waals surface area contributed by atoms with Gasteiger partial charge in [0, 0.05) is 23.7 Å². The van der Waals surface area contributed by atoms with Crippen LogP contribution in [0.2, 0.25) is 0 Å². The number of hydrogen-bond donors (Lipinski definition) is 3. The molecular weight excluding hydrogens is 506 g/mol. The third kappa shape index (κ3) is 2.96. The van der Waals surface area contributed by atoms with E-state index in [-0.39, 0.29) is 22.9 Å². The first kappa shape index (κ1) is 24.6. The third-order valence-electron chi connectivity index (χ3n) is 8.74. The molecule has 0 aromatic rings. The molecule has 10 heteroatoms. The van der Waals surface area contributed by atoms with Gasteiger partial charge in [-0.1, -0.05) is 13.0 Å². The molecular formula is C23H27BrF2O7. The smallest absolute Gasteiger partial charge is 0.303 e. The minimum absolute atomic E-state index is 0.0543. The number of fused-ring (bicyclic) bond motifs is 5. The zero-order chi connectivity index (χ0) is 24.7. The molecule has 0 radical (unpaired) electrons. The van der Waals surface area contributed by atoms with Crippen LogP contribution < -0.4 is 0 Å². The topological polar surface area (TPSA) is 121 Å². The number of esters is 1. The molecule has 4 rings (SSSR count). The van der Waals surface area contributed by atoms with E-state index in [0.717, 1.165) is 13.0 Å². The molecule has 4 aliphatic rings. The average Bonchev–Trinajstić information content (AvgIpc) is 2.92. The van der Waals surface area contributed by atoms with E-state index in [1.165, 1.54) is 19.9 Å². The molecule has 0 aromatic heterocycles. The number of aliphatic hydroxyl groups excluding tert-OH is 2. The number of ether oxygens (including phenoxy) is 1. The number of aliphatic hydroxyl groups is 3. The first-order chi connectivity index (χ1) is 15.1. The van der Waals surface area contributed by atoms with E-state index in [1.807, 2.05) is 0 Å². The Bertz CT molecular complexity index is 997. The molecule has 7 nitrogen and oxygen atoms in total. The van der Waals surface area contributed by atoms with Crippen LogP contribution in [0.15, 0.2) is 22.2 Å². The summed E-state index contributed by atoms with van der Waals surface area (Å²) in [6.45, 7) is 3.20. The molecule has 182 valence electrons. The van der Waals surface area contributed by atoms with Gasteiger partial charge in [0.25, 0.3) is 0 Å². The van der Waals surface area contributed by atoms with E-state index in [9.17, 15) is 29.7 Å². The molecule has 0 aliphatic heterocycles. The molecule has 3 saturated carbocycles. The number of alkyl halides is 2. The van der Waals surface area contributed by atoms with Gasteiger partial charge in [-0.3, -0.25) is 14.4 Å². The Labute approximate surface area is 198 Å². The predicted molar refractivity (Wildman–Crippen MR) is 114 cm³/mol. The normalized spacial score (nSPS) is 48.8. The van der Waals surface area contributed by atoms with Gasteiger partial charge < -0.3 is 20.1 Å². The van der Waals surface area contributed by atoms with Gasteiger partial charge in [-0.2, -0.15) is 0 Å². The van der Waals surface area contributed by atoms with E-state index >= 15 is 8.78 Å². The average molecular weight is 533 g/mol. The lowest BCUT2D eigenvalue weighted by Gasteiger charge is -2.62. The number of rotatable bonds is 3. The van der Waals surface area contributed by atoms with Crippen molar-refractivity contribution in [3.8, 4) is 0 Å². The highest BCUT2D eigenvalue weighted by atomic mass is 79.9. The van der Waals surface area contributed by atoms with E-state index in [2.05, 4.69) is 15.9 Å². The summed E-state index contributed by atoms with van der Waals surface area (Å²) in [6, 6.07) is 0. The molecule has 3 fully saturated rings. The largest absolute Gasteiger partial charge is 0.458 e. The molecule has 0 bridgehead atoms. The quantitative estimate of drug-likeness (QED) is 0.474. The van der Waals surface area contributed by atoms with Gasteiger partial charge in [0.15, 0.2) is 23.7 Å². The Kier molecular flexibility index (Phi) is 5.60. The summed E-state index contributed by atoms with van der Waals surface area (Å²) in [6.07, 6.45) is -3.68. The second-order valence-electron chi connectivity index (χ2n) is 10.2. The van der Waals surface area contributed by atoms with Crippen LogP contribution in [0.25, 0.3) is 0 Å². The fraction of sp³-hybridized carbons (Fsp3) is 0.696. The van der Waals surface area contributed by atoms with Crippen molar-refractivity contribution >= 4 is 33.5 Å².